The number of likely N-dealkylation sites (tertiary alicyclic amines) is 1. The molecule has 2 aliphatic carbocycles. The van der Waals surface area contributed by atoms with E-state index < -0.39 is 5.76 Å². The van der Waals surface area contributed by atoms with Crippen LogP contribution >= 0.6 is 0 Å². The molecule has 6 rings (SSSR count). The standard InChI is InChI=1S/C23H27N5O3/c29-20(9-12-27-18-5-1-2-6-19(18)31-22(27)30)26-13-17(23(14-26)10-3-4-11-23)21-25-24-15-28(21)16-7-8-16/h1-2,5-6,15-17H,3-4,7-14H2. The molecule has 3 heterocycles. The summed E-state index contributed by atoms with van der Waals surface area (Å²) in [6, 6.07) is 7.89. The zero-order chi connectivity index (χ0) is 21.0. The molecule has 8 nitrogen and oxygen atoms in total. The van der Waals surface area contributed by atoms with Gasteiger partial charge in [0.2, 0.25) is 5.91 Å². The van der Waals surface area contributed by atoms with Gasteiger partial charge >= 0.3 is 5.76 Å². The van der Waals surface area contributed by atoms with Gasteiger partial charge in [-0.2, -0.15) is 0 Å². The van der Waals surface area contributed by atoms with Gasteiger partial charge in [0.15, 0.2) is 5.58 Å². The lowest BCUT2D eigenvalue weighted by Gasteiger charge is -2.29. The SMILES string of the molecule is O=C(CCn1c(=O)oc2ccccc21)N1CC(c2nncn2C2CC2)C2(CCCC2)C1. The predicted molar refractivity (Wildman–Crippen MR) is 114 cm³/mol. The summed E-state index contributed by atoms with van der Waals surface area (Å²) in [4.78, 5) is 27.5. The van der Waals surface area contributed by atoms with Crippen molar-refractivity contribution in [1.82, 2.24) is 24.2 Å². The molecule has 1 aromatic carbocycles. The van der Waals surface area contributed by atoms with Gasteiger partial charge in [0.25, 0.3) is 0 Å². The first kappa shape index (κ1) is 18.8. The smallest absolute Gasteiger partial charge is 0.408 e. The molecule has 162 valence electrons. The summed E-state index contributed by atoms with van der Waals surface area (Å²) >= 11 is 0. The quantitative estimate of drug-likeness (QED) is 0.632. The number of aryl methyl sites for hydroxylation is 1. The maximum atomic E-state index is 13.2. The predicted octanol–water partition coefficient (Wildman–Crippen LogP) is 3.10. The average Bonchev–Trinajstić information content (AvgIpc) is 3.14. The van der Waals surface area contributed by atoms with Crippen LogP contribution in [0.25, 0.3) is 11.1 Å². The fraction of sp³-hybridized carbons (Fsp3) is 0.565. The van der Waals surface area contributed by atoms with Crippen molar-refractivity contribution in [1.29, 1.82) is 0 Å². The molecule has 2 saturated carbocycles. The monoisotopic (exact) mass is 421 g/mol. The molecular weight excluding hydrogens is 394 g/mol. The van der Waals surface area contributed by atoms with Crippen LogP contribution < -0.4 is 5.76 Å². The van der Waals surface area contributed by atoms with Crippen LogP contribution in [0.5, 0.6) is 0 Å². The van der Waals surface area contributed by atoms with Crippen molar-refractivity contribution in [3.05, 3.63) is 47.0 Å². The number of oxazole rings is 1. The largest absolute Gasteiger partial charge is 0.419 e. The highest BCUT2D eigenvalue weighted by atomic mass is 16.4. The molecule has 1 spiro atoms. The van der Waals surface area contributed by atoms with Crippen LogP contribution in [0.4, 0.5) is 0 Å². The van der Waals surface area contributed by atoms with Crippen molar-refractivity contribution in [3.8, 4) is 0 Å². The molecule has 3 aromatic rings. The van der Waals surface area contributed by atoms with Crippen molar-refractivity contribution in [2.75, 3.05) is 13.1 Å². The summed E-state index contributed by atoms with van der Waals surface area (Å²) in [5.74, 6) is 1.01. The van der Waals surface area contributed by atoms with E-state index in [0.29, 0.717) is 31.1 Å². The van der Waals surface area contributed by atoms with Crippen LogP contribution in [0.1, 0.15) is 62.7 Å². The van der Waals surface area contributed by atoms with Crippen molar-refractivity contribution in [2.45, 2.75) is 63.5 Å². The highest BCUT2D eigenvalue weighted by Crippen LogP contribution is 2.54. The van der Waals surface area contributed by atoms with Crippen LogP contribution in [0.2, 0.25) is 0 Å². The number of hydrogen-bond donors (Lipinski definition) is 0. The molecule has 1 atom stereocenters. The van der Waals surface area contributed by atoms with E-state index in [9.17, 15) is 9.59 Å². The fourth-order valence-corrected chi connectivity index (χ4v) is 5.83. The molecule has 0 radical (unpaired) electrons. The summed E-state index contributed by atoms with van der Waals surface area (Å²) in [6.07, 6.45) is 9.27. The number of carbonyl (C=O) groups is 1. The van der Waals surface area contributed by atoms with Crippen LogP contribution in [-0.4, -0.2) is 43.2 Å². The summed E-state index contributed by atoms with van der Waals surface area (Å²) < 4.78 is 9.13. The highest BCUT2D eigenvalue weighted by molar-refractivity contribution is 5.77. The first-order valence-corrected chi connectivity index (χ1v) is 11.4. The van der Waals surface area contributed by atoms with Gasteiger partial charge in [-0.1, -0.05) is 25.0 Å². The van der Waals surface area contributed by atoms with E-state index in [2.05, 4.69) is 14.8 Å². The summed E-state index contributed by atoms with van der Waals surface area (Å²) in [5, 5.41) is 8.74. The van der Waals surface area contributed by atoms with Crippen molar-refractivity contribution < 1.29 is 9.21 Å². The van der Waals surface area contributed by atoms with Crippen LogP contribution in [-0.2, 0) is 11.3 Å². The Kier molecular flexibility index (Phi) is 4.30. The van der Waals surface area contributed by atoms with Crippen molar-refractivity contribution >= 4 is 17.0 Å². The van der Waals surface area contributed by atoms with E-state index in [1.807, 2.05) is 29.4 Å². The Morgan fingerprint density at radius 2 is 2.00 bits per heavy atom. The van der Waals surface area contributed by atoms with Gasteiger partial charge in [-0.15, -0.1) is 10.2 Å². The molecule has 31 heavy (non-hydrogen) atoms. The maximum Gasteiger partial charge on any atom is 0.419 e. The lowest BCUT2D eigenvalue weighted by atomic mass is 9.76. The number of aromatic nitrogens is 4. The molecule has 8 heteroatoms. The van der Waals surface area contributed by atoms with Gasteiger partial charge < -0.3 is 13.9 Å². The highest BCUT2D eigenvalue weighted by Gasteiger charge is 2.52. The second kappa shape index (κ2) is 7.07. The van der Waals surface area contributed by atoms with E-state index in [4.69, 9.17) is 4.42 Å². The zero-order valence-corrected chi connectivity index (χ0v) is 17.6. The van der Waals surface area contributed by atoms with Gasteiger partial charge in [-0.3, -0.25) is 9.36 Å². The number of para-hydroxylation sites is 2. The van der Waals surface area contributed by atoms with Gasteiger partial charge in [0.05, 0.1) is 5.52 Å². The lowest BCUT2D eigenvalue weighted by Crippen LogP contribution is -2.32. The van der Waals surface area contributed by atoms with E-state index in [1.54, 1.807) is 10.6 Å². The molecule has 3 fully saturated rings. The van der Waals surface area contributed by atoms with Gasteiger partial charge in [0.1, 0.15) is 12.2 Å². The third-order valence-electron chi connectivity index (χ3n) is 7.58. The van der Waals surface area contributed by atoms with Gasteiger partial charge in [-0.25, -0.2) is 4.79 Å². The second-order valence-corrected chi connectivity index (χ2v) is 9.46. The molecule has 3 aliphatic rings. The van der Waals surface area contributed by atoms with Crippen molar-refractivity contribution in [2.24, 2.45) is 5.41 Å². The molecule has 1 aliphatic heterocycles. The Morgan fingerprint density at radius 3 is 2.81 bits per heavy atom. The Morgan fingerprint density at radius 1 is 1.19 bits per heavy atom. The average molecular weight is 422 g/mol. The molecule has 1 amide bonds. The summed E-state index contributed by atoms with van der Waals surface area (Å²) in [5.41, 5.74) is 1.42. The van der Waals surface area contributed by atoms with Gasteiger partial charge in [-0.05, 0) is 43.2 Å². The Bertz CT molecular complexity index is 1180. The molecule has 1 unspecified atom stereocenters. The van der Waals surface area contributed by atoms with Crippen LogP contribution in [0.15, 0.2) is 39.8 Å². The van der Waals surface area contributed by atoms with Gasteiger partial charge in [0, 0.05) is 38.0 Å². The summed E-state index contributed by atoms with van der Waals surface area (Å²) in [6.45, 7) is 1.82. The van der Waals surface area contributed by atoms with Crippen LogP contribution in [0, 0.1) is 5.41 Å². The number of fused-ring (bicyclic) bond motifs is 1. The first-order valence-electron chi connectivity index (χ1n) is 11.4. The minimum absolute atomic E-state index is 0.100. The normalized spacial score (nSPS) is 22.7. The molecule has 0 bridgehead atoms. The zero-order valence-electron chi connectivity index (χ0n) is 17.6. The summed E-state index contributed by atoms with van der Waals surface area (Å²) in [7, 11) is 0. The molecule has 2 aromatic heterocycles. The lowest BCUT2D eigenvalue weighted by molar-refractivity contribution is -0.130. The van der Waals surface area contributed by atoms with Crippen LogP contribution in [0.3, 0.4) is 0 Å². The fourth-order valence-electron chi connectivity index (χ4n) is 5.83. The molecular formula is C23H27N5O3. The molecule has 0 N–H and O–H groups in total. The Labute approximate surface area is 179 Å². The second-order valence-electron chi connectivity index (χ2n) is 9.46. The van der Waals surface area contributed by atoms with E-state index >= 15 is 0 Å². The third-order valence-corrected chi connectivity index (χ3v) is 7.58. The Balaban J connectivity index is 1.22. The van der Waals surface area contributed by atoms with E-state index in [1.165, 1.54) is 25.7 Å². The minimum atomic E-state index is -0.405. The van der Waals surface area contributed by atoms with E-state index in [0.717, 1.165) is 30.7 Å². The minimum Gasteiger partial charge on any atom is -0.408 e. The number of amides is 1. The maximum absolute atomic E-state index is 13.2. The Hall–Kier alpha value is -2.90. The number of rotatable bonds is 5. The first-order chi connectivity index (χ1) is 15.1. The number of nitrogens with zero attached hydrogens (tertiary/aromatic N) is 5. The topological polar surface area (TPSA) is 86.2 Å². The van der Waals surface area contributed by atoms with Crippen molar-refractivity contribution in [3.63, 3.8) is 0 Å². The third kappa shape index (κ3) is 3.11. The molecule has 1 saturated heterocycles. The number of carbonyl (C=O) groups excluding carboxylic acids is 1. The number of hydrogen-bond acceptors (Lipinski definition) is 5. The number of benzene rings is 1. The van der Waals surface area contributed by atoms with E-state index in [-0.39, 0.29) is 17.2 Å².